The summed E-state index contributed by atoms with van der Waals surface area (Å²) >= 11 is 0. The standard InChI is InChI=1S/C12H19NO2/c1-9-8-11(13)4-5-12(9)15-10(2)6-7-14-3/h4-5,8,10H,6-7,13H2,1-3H3. The van der Waals surface area contributed by atoms with Gasteiger partial charge in [0.1, 0.15) is 5.75 Å². The van der Waals surface area contributed by atoms with Crippen LogP contribution < -0.4 is 10.5 Å². The molecule has 84 valence electrons. The molecule has 15 heavy (non-hydrogen) atoms. The molecule has 0 saturated heterocycles. The highest BCUT2D eigenvalue weighted by Crippen LogP contribution is 2.21. The van der Waals surface area contributed by atoms with E-state index in [-0.39, 0.29) is 6.10 Å². The predicted octanol–water partition coefficient (Wildman–Crippen LogP) is 2.38. The first kappa shape index (κ1) is 11.9. The molecule has 3 heteroatoms. The summed E-state index contributed by atoms with van der Waals surface area (Å²) in [5.74, 6) is 0.896. The monoisotopic (exact) mass is 209 g/mol. The Morgan fingerprint density at radius 3 is 2.73 bits per heavy atom. The van der Waals surface area contributed by atoms with Crippen LogP contribution in [0.5, 0.6) is 5.75 Å². The van der Waals surface area contributed by atoms with E-state index >= 15 is 0 Å². The molecular formula is C12H19NO2. The first-order chi connectivity index (χ1) is 7.13. The van der Waals surface area contributed by atoms with Gasteiger partial charge in [-0.3, -0.25) is 0 Å². The Hall–Kier alpha value is -1.22. The number of ether oxygens (including phenoxy) is 2. The number of hydrogen-bond acceptors (Lipinski definition) is 3. The maximum Gasteiger partial charge on any atom is 0.122 e. The lowest BCUT2D eigenvalue weighted by atomic mass is 10.2. The van der Waals surface area contributed by atoms with Gasteiger partial charge >= 0.3 is 0 Å². The molecule has 3 nitrogen and oxygen atoms in total. The Labute approximate surface area is 91.2 Å². The molecule has 1 aromatic rings. The lowest BCUT2D eigenvalue weighted by Gasteiger charge is -2.16. The molecule has 0 aliphatic carbocycles. The molecule has 0 aromatic heterocycles. The molecule has 0 fully saturated rings. The van der Waals surface area contributed by atoms with Crippen LogP contribution in [-0.4, -0.2) is 19.8 Å². The number of nitrogens with two attached hydrogens (primary N) is 1. The third-order valence-corrected chi connectivity index (χ3v) is 2.26. The molecular weight excluding hydrogens is 190 g/mol. The quantitative estimate of drug-likeness (QED) is 0.757. The van der Waals surface area contributed by atoms with Crippen LogP contribution >= 0.6 is 0 Å². The van der Waals surface area contributed by atoms with E-state index in [9.17, 15) is 0 Å². The molecule has 0 amide bonds. The number of rotatable bonds is 5. The highest BCUT2D eigenvalue weighted by atomic mass is 16.5. The minimum absolute atomic E-state index is 0.160. The zero-order valence-electron chi connectivity index (χ0n) is 9.62. The molecule has 1 rings (SSSR count). The van der Waals surface area contributed by atoms with Crippen LogP contribution in [0.2, 0.25) is 0 Å². The predicted molar refractivity (Wildman–Crippen MR) is 62.2 cm³/mol. The number of benzene rings is 1. The second kappa shape index (κ2) is 5.61. The molecule has 0 spiro atoms. The molecule has 0 bridgehead atoms. The van der Waals surface area contributed by atoms with E-state index in [1.807, 2.05) is 32.0 Å². The largest absolute Gasteiger partial charge is 0.490 e. The summed E-state index contributed by atoms with van der Waals surface area (Å²) in [7, 11) is 1.70. The van der Waals surface area contributed by atoms with Gasteiger partial charge in [0.25, 0.3) is 0 Å². The maximum absolute atomic E-state index is 5.77. The fourth-order valence-electron chi connectivity index (χ4n) is 1.36. The van der Waals surface area contributed by atoms with Crippen LogP contribution in [0.1, 0.15) is 18.9 Å². The third-order valence-electron chi connectivity index (χ3n) is 2.26. The van der Waals surface area contributed by atoms with Gasteiger partial charge in [0.05, 0.1) is 6.10 Å². The zero-order chi connectivity index (χ0) is 11.3. The average molecular weight is 209 g/mol. The van der Waals surface area contributed by atoms with Gasteiger partial charge in [0.15, 0.2) is 0 Å². The van der Waals surface area contributed by atoms with Crippen LogP contribution in [0, 0.1) is 6.92 Å². The van der Waals surface area contributed by atoms with E-state index in [2.05, 4.69) is 0 Å². The van der Waals surface area contributed by atoms with Crippen LogP contribution in [0.15, 0.2) is 18.2 Å². The summed E-state index contributed by atoms with van der Waals surface area (Å²) in [5, 5.41) is 0. The Morgan fingerprint density at radius 1 is 1.40 bits per heavy atom. The number of methoxy groups -OCH3 is 1. The first-order valence-corrected chi connectivity index (χ1v) is 5.15. The van der Waals surface area contributed by atoms with Crippen molar-refractivity contribution in [1.29, 1.82) is 0 Å². The van der Waals surface area contributed by atoms with Crippen molar-refractivity contribution < 1.29 is 9.47 Å². The summed E-state index contributed by atoms with van der Waals surface area (Å²) in [4.78, 5) is 0. The van der Waals surface area contributed by atoms with E-state index in [1.165, 1.54) is 0 Å². The van der Waals surface area contributed by atoms with E-state index in [1.54, 1.807) is 7.11 Å². The zero-order valence-corrected chi connectivity index (χ0v) is 9.62. The summed E-state index contributed by atoms with van der Waals surface area (Å²) in [5.41, 5.74) is 7.50. The van der Waals surface area contributed by atoms with Crippen molar-refractivity contribution in [3.8, 4) is 5.75 Å². The van der Waals surface area contributed by atoms with Gasteiger partial charge in [-0.15, -0.1) is 0 Å². The second-order valence-electron chi connectivity index (χ2n) is 3.73. The fraction of sp³-hybridized carbons (Fsp3) is 0.500. The van der Waals surface area contributed by atoms with Crippen molar-refractivity contribution in [2.24, 2.45) is 0 Å². The SMILES string of the molecule is COCCC(C)Oc1ccc(N)cc1C. The Kier molecular flexibility index (Phi) is 4.43. The van der Waals surface area contributed by atoms with Crippen molar-refractivity contribution in [3.63, 3.8) is 0 Å². The molecule has 2 N–H and O–H groups in total. The summed E-state index contributed by atoms with van der Waals surface area (Å²) in [6, 6.07) is 5.68. The number of hydrogen-bond donors (Lipinski definition) is 1. The maximum atomic E-state index is 5.77. The Balaban J connectivity index is 2.56. The van der Waals surface area contributed by atoms with Gasteiger partial charge in [-0.1, -0.05) is 0 Å². The number of anilines is 1. The van der Waals surface area contributed by atoms with Gasteiger partial charge in [-0.25, -0.2) is 0 Å². The van der Waals surface area contributed by atoms with E-state index in [0.717, 1.165) is 30.0 Å². The normalized spacial score (nSPS) is 12.5. The van der Waals surface area contributed by atoms with Crippen molar-refractivity contribution in [1.82, 2.24) is 0 Å². The van der Waals surface area contributed by atoms with Crippen molar-refractivity contribution in [2.45, 2.75) is 26.4 Å². The highest BCUT2D eigenvalue weighted by Gasteiger charge is 2.06. The topological polar surface area (TPSA) is 44.5 Å². The minimum atomic E-state index is 0.160. The fourth-order valence-corrected chi connectivity index (χ4v) is 1.36. The van der Waals surface area contributed by atoms with E-state index < -0.39 is 0 Å². The Morgan fingerprint density at radius 2 is 2.13 bits per heavy atom. The van der Waals surface area contributed by atoms with Gasteiger partial charge in [-0.2, -0.15) is 0 Å². The van der Waals surface area contributed by atoms with Crippen LogP contribution in [0.3, 0.4) is 0 Å². The molecule has 1 aromatic carbocycles. The molecule has 1 unspecified atom stereocenters. The number of nitrogen functional groups attached to an aromatic ring is 1. The second-order valence-corrected chi connectivity index (χ2v) is 3.73. The molecule has 1 atom stereocenters. The lowest BCUT2D eigenvalue weighted by Crippen LogP contribution is -2.14. The van der Waals surface area contributed by atoms with Crippen molar-refractivity contribution >= 4 is 5.69 Å². The van der Waals surface area contributed by atoms with Gasteiger partial charge in [-0.05, 0) is 37.6 Å². The minimum Gasteiger partial charge on any atom is -0.490 e. The lowest BCUT2D eigenvalue weighted by molar-refractivity contribution is 0.135. The average Bonchev–Trinajstić information content (AvgIpc) is 2.19. The van der Waals surface area contributed by atoms with Crippen molar-refractivity contribution in [3.05, 3.63) is 23.8 Å². The van der Waals surface area contributed by atoms with E-state index in [4.69, 9.17) is 15.2 Å². The van der Waals surface area contributed by atoms with Gasteiger partial charge in [0, 0.05) is 25.8 Å². The smallest absolute Gasteiger partial charge is 0.122 e. The van der Waals surface area contributed by atoms with E-state index in [0.29, 0.717) is 0 Å². The highest BCUT2D eigenvalue weighted by molar-refractivity contribution is 5.47. The van der Waals surface area contributed by atoms with Gasteiger partial charge < -0.3 is 15.2 Å². The summed E-state index contributed by atoms with van der Waals surface area (Å²) in [6.07, 6.45) is 1.05. The number of aryl methyl sites for hydroxylation is 1. The third kappa shape index (κ3) is 3.80. The van der Waals surface area contributed by atoms with Gasteiger partial charge in [0.2, 0.25) is 0 Å². The molecule has 0 aliphatic rings. The van der Waals surface area contributed by atoms with Crippen LogP contribution in [-0.2, 0) is 4.74 Å². The molecule has 0 saturated carbocycles. The van der Waals surface area contributed by atoms with Crippen molar-refractivity contribution in [2.75, 3.05) is 19.5 Å². The molecule has 0 aliphatic heterocycles. The van der Waals surface area contributed by atoms with Crippen LogP contribution in [0.25, 0.3) is 0 Å². The summed E-state index contributed by atoms with van der Waals surface area (Å²) < 4.78 is 10.8. The summed E-state index contributed by atoms with van der Waals surface area (Å²) in [6.45, 7) is 4.75. The molecule has 0 heterocycles. The molecule has 0 radical (unpaired) electrons. The van der Waals surface area contributed by atoms with Crippen LogP contribution in [0.4, 0.5) is 5.69 Å². The first-order valence-electron chi connectivity index (χ1n) is 5.15. The Bertz CT molecular complexity index is 312.